The summed E-state index contributed by atoms with van der Waals surface area (Å²) in [5, 5.41) is 9.72. The molecular weight excluding hydrogens is 136 g/mol. The first-order valence-electron chi connectivity index (χ1n) is 4.71. The molecule has 3 rings (SSSR count). The zero-order valence-corrected chi connectivity index (χ0v) is 7.67. The van der Waals surface area contributed by atoms with Gasteiger partial charge in [-0.25, -0.2) is 0 Å². The Morgan fingerprint density at radius 3 is 2.18 bits per heavy atom. The summed E-state index contributed by atoms with van der Waals surface area (Å²) in [5.41, 5.74) is 0.428. The van der Waals surface area contributed by atoms with Crippen LogP contribution >= 0.6 is 0 Å². The number of aliphatic hydroxyl groups is 1. The van der Waals surface area contributed by atoms with Crippen molar-refractivity contribution in [1.82, 2.24) is 0 Å². The lowest BCUT2D eigenvalue weighted by Gasteiger charge is -2.61. The topological polar surface area (TPSA) is 20.2 Å². The number of rotatable bonds is 0. The molecule has 0 heterocycles. The molecule has 0 aromatic rings. The quantitative estimate of drug-likeness (QED) is 0.566. The minimum Gasteiger partial charge on any atom is -0.393 e. The van der Waals surface area contributed by atoms with Gasteiger partial charge in [0.15, 0.2) is 0 Å². The smallest absolute Gasteiger partial charge is 0.0576 e. The summed E-state index contributed by atoms with van der Waals surface area (Å²) in [6.45, 7) is 6.90. The Bertz CT molecular complexity index is 158. The van der Waals surface area contributed by atoms with Crippen LogP contribution in [0.3, 0.4) is 0 Å². The molecule has 11 heavy (non-hydrogen) atoms. The van der Waals surface area contributed by atoms with Crippen molar-refractivity contribution in [3.63, 3.8) is 0 Å². The maximum absolute atomic E-state index is 9.72. The van der Waals surface area contributed by atoms with Crippen molar-refractivity contribution in [2.24, 2.45) is 23.2 Å². The normalized spacial score (nSPS) is 53.5. The van der Waals surface area contributed by atoms with Gasteiger partial charge < -0.3 is 5.11 Å². The third kappa shape index (κ3) is 0.807. The summed E-state index contributed by atoms with van der Waals surface area (Å²) in [6.07, 6.45) is 2.30. The maximum atomic E-state index is 9.72. The molecule has 1 unspecified atom stereocenters. The molecular formula is C10H18O. The molecule has 3 aliphatic carbocycles. The van der Waals surface area contributed by atoms with Gasteiger partial charge in [0.25, 0.3) is 0 Å². The summed E-state index contributed by atoms with van der Waals surface area (Å²) >= 11 is 0. The molecule has 0 saturated heterocycles. The van der Waals surface area contributed by atoms with Crippen LogP contribution in [0.15, 0.2) is 0 Å². The van der Waals surface area contributed by atoms with Gasteiger partial charge in [0, 0.05) is 0 Å². The second kappa shape index (κ2) is 2.01. The van der Waals surface area contributed by atoms with Crippen molar-refractivity contribution < 1.29 is 5.11 Å². The summed E-state index contributed by atoms with van der Waals surface area (Å²) < 4.78 is 0. The third-order valence-electron chi connectivity index (χ3n) is 4.18. The van der Waals surface area contributed by atoms with Crippen LogP contribution in [0.4, 0.5) is 0 Å². The highest BCUT2D eigenvalue weighted by Crippen LogP contribution is 2.61. The average Bonchev–Trinajstić information content (AvgIpc) is 1.84. The molecule has 1 heteroatoms. The molecule has 1 N–H and O–H groups in total. The lowest BCUT2D eigenvalue weighted by Crippen LogP contribution is -2.57. The predicted molar refractivity (Wildman–Crippen MR) is 45.2 cm³/mol. The largest absolute Gasteiger partial charge is 0.393 e. The van der Waals surface area contributed by atoms with E-state index in [2.05, 4.69) is 20.8 Å². The van der Waals surface area contributed by atoms with Crippen molar-refractivity contribution in [3.05, 3.63) is 0 Å². The second-order valence-corrected chi connectivity index (χ2v) is 5.05. The van der Waals surface area contributed by atoms with Gasteiger partial charge in [-0.2, -0.15) is 0 Å². The van der Waals surface area contributed by atoms with E-state index < -0.39 is 0 Å². The molecule has 3 fully saturated rings. The summed E-state index contributed by atoms with van der Waals surface area (Å²) in [6, 6.07) is 0. The van der Waals surface area contributed by atoms with E-state index in [1.54, 1.807) is 0 Å². The van der Waals surface area contributed by atoms with E-state index >= 15 is 0 Å². The zero-order valence-electron chi connectivity index (χ0n) is 7.67. The van der Waals surface area contributed by atoms with Crippen LogP contribution in [0, 0.1) is 23.2 Å². The number of aliphatic hydroxyl groups excluding tert-OH is 1. The third-order valence-corrected chi connectivity index (χ3v) is 4.18. The zero-order chi connectivity index (χ0) is 8.22. The predicted octanol–water partition coefficient (Wildman–Crippen LogP) is 2.05. The lowest BCUT2D eigenvalue weighted by molar-refractivity contribution is -0.167. The fourth-order valence-electron chi connectivity index (χ4n) is 3.32. The molecule has 4 atom stereocenters. The van der Waals surface area contributed by atoms with E-state index in [-0.39, 0.29) is 6.10 Å². The van der Waals surface area contributed by atoms with Gasteiger partial charge in [-0.3, -0.25) is 0 Å². The van der Waals surface area contributed by atoms with E-state index in [0.717, 1.165) is 18.3 Å². The molecule has 2 bridgehead atoms. The van der Waals surface area contributed by atoms with Crippen molar-refractivity contribution in [2.75, 3.05) is 0 Å². The highest BCUT2D eigenvalue weighted by molar-refractivity contribution is 5.05. The number of hydrogen-bond donors (Lipinski definition) is 1. The van der Waals surface area contributed by atoms with Crippen molar-refractivity contribution in [2.45, 2.75) is 39.7 Å². The highest BCUT2D eigenvalue weighted by atomic mass is 16.3. The van der Waals surface area contributed by atoms with Gasteiger partial charge in [0.2, 0.25) is 0 Å². The van der Waals surface area contributed by atoms with Crippen LogP contribution in [0.25, 0.3) is 0 Å². The van der Waals surface area contributed by atoms with Crippen molar-refractivity contribution >= 4 is 0 Å². The van der Waals surface area contributed by atoms with Gasteiger partial charge in [-0.15, -0.1) is 0 Å². The Labute approximate surface area is 68.8 Å². The molecule has 3 aliphatic rings. The van der Waals surface area contributed by atoms with Crippen LogP contribution in [-0.4, -0.2) is 11.2 Å². The Hall–Kier alpha value is -0.0400. The van der Waals surface area contributed by atoms with E-state index in [9.17, 15) is 5.11 Å². The fourth-order valence-corrected chi connectivity index (χ4v) is 3.32. The molecule has 0 aliphatic heterocycles. The summed E-state index contributed by atoms with van der Waals surface area (Å²) in [4.78, 5) is 0. The summed E-state index contributed by atoms with van der Waals surface area (Å²) in [7, 11) is 0. The van der Waals surface area contributed by atoms with Crippen LogP contribution in [-0.2, 0) is 0 Å². The number of hydrogen-bond acceptors (Lipinski definition) is 1. The minimum absolute atomic E-state index is 0.00926. The molecule has 3 saturated carbocycles. The molecule has 0 radical (unpaired) electrons. The number of fused-ring (bicyclic) bond motifs is 2. The standard InChI is InChI=1S/C10H18O/c1-6-4-9(11)8-5-7(6)10(8,2)3/h6-9,11H,4-5H2,1-3H3/t6?,7-,8+,9-/m1/s1. The molecule has 0 aromatic carbocycles. The van der Waals surface area contributed by atoms with E-state index in [1.165, 1.54) is 6.42 Å². The summed E-state index contributed by atoms with van der Waals surface area (Å²) in [5.74, 6) is 2.23. The molecule has 0 spiro atoms. The highest BCUT2D eigenvalue weighted by Gasteiger charge is 2.56. The Morgan fingerprint density at radius 2 is 1.82 bits per heavy atom. The van der Waals surface area contributed by atoms with Crippen LogP contribution in [0.5, 0.6) is 0 Å². The van der Waals surface area contributed by atoms with Crippen molar-refractivity contribution in [1.29, 1.82) is 0 Å². The SMILES string of the molecule is CC1C[C@@H](O)[C@@H]2C[C@H]1C2(C)C. The van der Waals surface area contributed by atoms with Crippen LogP contribution < -0.4 is 0 Å². The molecule has 64 valence electrons. The molecule has 0 amide bonds. The van der Waals surface area contributed by atoms with Crippen LogP contribution in [0.2, 0.25) is 0 Å². The lowest BCUT2D eigenvalue weighted by atomic mass is 9.45. The van der Waals surface area contributed by atoms with E-state index in [0.29, 0.717) is 11.3 Å². The Kier molecular flexibility index (Phi) is 1.39. The van der Waals surface area contributed by atoms with Crippen molar-refractivity contribution in [3.8, 4) is 0 Å². The first-order valence-corrected chi connectivity index (χ1v) is 4.71. The maximum Gasteiger partial charge on any atom is 0.0576 e. The first-order chi connectivity index (χ1) is 5.03. The molecule has 1 nitrogen and oxygen atoms in total. The second-order valence-electron chi connectivity index (χ2n) is 5.05. The first kappa shape index (κ1) is 7.60. The Morgan fingerprint density at radius 1 is 1.18 bits per heavy atom. The van der Waals surface area contributed by atoms with E-state index in [1.807, 2.05) is 0 Å². The van der Waals surface area contributed by atoms with Gasteiger partial charge in [-0.1, -0.05) is 20.8 Å². The van der Waals surface area contributed by atoms with Gasteiger partial charge in [-0.05, 0) is 36.0 Å². The van der Waals surface area contributed by atoms with Crippen LogP contribution in [0.1, 0.15) is 33.6 Å². The van der Waals surface area contributed by atoms with Gasteiger partial charge in [0.05, 0.1) is 6.10 Å². The average molecular weight is 154 g/mol. The monoisotopic (exact) mass is 154 g/mol. The molecule has 0 aromatic heterocycles. The van der Waals surface area contributed by atoms with Gasteiger partial charge in [0.1, 0.15) is 0 Å². The minimum atomic E-state index is -0.00926. The Balaban J connectivity index is 2.20. The fraction of sp³-hybridized carbons (Fsp3) is 1.00. The van der Waals surface area contributed by atoms with Gasteiger partial charge >= 0.3 is 0 Å². The van der Waals surface area contributed by atoms with E-state index in [4.69, 9.17) is 0 Å².